The van der Waals surface area contributed by atoms with E-state index in [2.05, 4.69) is 10.6 Å². The Morgan fingerprint density at radius 3 is 2.61 bits per heavy atom. The molecule has 5 nitrogen and oxygen atoms in total. The van der Waals surface area contributed by atoms with Gasteiger partial charge in [0.15, 0.2) is 0 Å². The van der Waals surface area contributed by atoms with Crippen LogP contribution in [0.3, 0.4) is 0 Å². The third-order valence-corrected chi connectivity index (χ3v) is 3.31. The van der Waals surface area contributed by atoms with E-state index in [9.17, 15) is 9.59 Å². The zero-order valence-corrected chi connectivity index (χ0v) is 11.5. The molecule has 0 saturated carbocycles. The van der Waals surface area contributed by atoms with Gasteiger partial charge in [0.05, 0.1) is 6.04 Å². The number of carbonyl (C=O) groups excluding carboxylic acids is 1. The summed E-state index contributed by atoms with van der Waals surface area (Å²) in [5.74, 6) is -1.02. The smallest absolute Gasteiger partial charge is 0.346 e. The van der Waals surface area contributed by atoms with Crippen molar-refractivity contribution in [3.63, 3.8) is 0 Å². The van der Waals surface area contributed by atoms with Crippen LogP contribution in [0.25, 0.3) is 0 Å². The molecule has 0 spiro atoms. The van der Waals surface area contributed by atoms with E-state index in [1.807, 2.05) is 13.8 Å². The standard InChI is InChI=1S/C12H18N2O3S/c1-7(2)14-11(15)8(3)13-6-9-4-5-18-10(9)12(16)17/h4-5,7-8,13H,6H2,1-3H3,(H,14,15)(H,16,17). The first kappa shape index (κ1) is 14.7. The van der Waals surface area contributed by atoms with E-state index < -0.39 is 5.97 Å². The molecule has 18 heavy (non-hydrogen) atoms. The van der Waals surface area contributed by atoms with Crippen LogP contribution in [0.1, 0.15) is 36.0 Å². The SMILES string of the molecule is CC(C)NC(=O)C(C)NCc1ccsc1C(=O)O. The third-order valence-electron chi connectivity index (χ3n) is 2.36. The summed E-state index contributed by atoms with van der Waals surface area (Å²) in [5, 5.41) is 16.5. The summed E-state index contributed by atoms with van der Waals surface area (Å²) in [5.41, 5.74) is 0.705. The van der Waals surface area contributed by atoms with Gasteiger partial charge in [-0.15, -0.1) is 11.3 Å². The second-order valence-corrected chi connectivity index (χ2v) is 5.26. The molecule has 3 N–H and O–H groups in total. The van der Waals surface area contributed by atoms with E-state index in [1.54, 1.807) is 18.4 Å². The lowest BCUT2D eigenvalue weighted by Gasteiger charge is -2.15. The van der Waals surface area contributed by atoms with Crippen LogP contribution in [-0.2, 0) is 11.3 Å². The van der Waals surface area contributed by atoms with Gasteiger partial charge in [0.1, 0.15) is 4.88 Å². The number of carboxylic acids is 1. The molecule has 0 aliphatic heterocycles. The van der Waals surface area contributed by atoms with Crippen LogP contribution in [0, 0.1) is 0 Å². The fraction of sp³-hybridized carbons (Fsp3) is 0.500. The first-order valence-corrected chi connectivity index (χ1v) is 6.63. The van der Waals surface area contributed by atoms with Crippen molar-refractivity contribution >= 4 is 23.2 Å². The quantitative estimate of drug-likeness (QED) is 0.731. The Kier molecular flexibility index (Phi) is 5.30. The van der Waals surface area contributed by atoms with Crippen LogP contribution in [0.4, 0.5) is 0 Å². The minimum atomic E-state index is -0.930. The molecular formula is C12H18N2O3S. The van der Waals surface area contributed by atoms with Crippen molar-refractivity contribution < 1.29 is 14.7 Å². The van der Waals surface area contributed by atoms with Gasteiger partial charge in [-0.25, -0.2) is 4.79 Å². The largest absolute Gasteiger partial charge is 0.477 e. The average molecular weight is 270 g/mol. The highest BCUT2D eigenvalue weighted by Crippen LogP contribution is 2.16. The van der Waals surface area contributed by atoms with E-state index >= 15 is 0 Å². The molecule has 0 aliphatic rings. The molecule has 100 valence electrons. The Balaban J connectivity index is 2.52. The summed E-state index contributed by atoms with van der Waals surface area (Å²) in [6.07, 6.45) is 0. The predicted octanol–water partition coefficient (Wildman–Crippen LogP) is 1.45. The number of carbonyl (C=O) groups is 2. The molecule has 1 unspecified atom stereocenters. The molecule has 0 aromatic carbocycles. The van der Waals surface area contributed by atoms with Gasteiger partial charge in [0.25, 0.3) is 0 Å². The van der Waals surface area contributed by atoms with Crippen molar-refractivity contribution in [2.45, 2.75) is 39.4 Å². The highest BCUT2D eigenvalue weighted by molar-refractivity contribution is 7.12. The number of hydrogen-bond donors (Lipinski definition) is 3. The summed E-state index contributed by atoms with van der Waals surface area (Å²) in [4.78, 5) is 22.9. The Hall–Kier alpha value is -1.40. The second kappa shape index (κ2) is 6.51. The third kappa shape index (κ3) is 4.12. The van der Waals surface area contributed by atoms with E-state index in [0.717, 1.165) is 0 Å². The number of amides is 1. The van der Waals surface area contributed by atoms with Crippen LogP contribution >= 0.6 is 11.3 Å². The number of hydrogen-bond acceptors (Lipinski definition) is 4. The fourth-order valence-electron chi connectivity index (χ4n) is 1.43. The summed E-state index contributed by atoms with van der Waals surface area (Å²) in [6.45, 7) is 5.92. The van der Waals surface area contributed by atoms with Gasteiger partial charge in [-0.05, 0) is 37.8 Å². The van der Waals surface area contributed by atoms with E-state index in [1.165, 1.54) is 11.3 Å². The summed E-state index contributed by atoms with van der Waals surface area (Å²) in [7, 11) is 0. The molecule has 1 aromatic heterocycles. The van der Waals surface area contributed by atoms with E-state index in [0.29, 0.717) is 17.0 Å². The maximum absolute atomic E-state index is 11.6. The topological polar surface area (TPSA) is 78.4 Å². The summed E-state index contributed by atoms with van der Waals surface area (Å²) >= 11 is 1.19. The fourth-order valence-corrected chi connectivity index (χ4v) is 2.19. The Morgan fingerprint density at radius 1 is 1.39 bits per heavy atom. The second-order valence-electron chi connectivity index (χ2n) is 4.35. The van der Waals surface area contributed by atoms with Crippen molar-refractivity contribution in [1.82, 2.24) is 10.6 Å². The van der Waals surface area contributed by atoms with Gasteiger partial charge < -0.3 is 15.7 Å². The first-order chi connectivity index (χ1) is 8.41. The molecule has 1 rings (SSSR count). The van der Waals surface area contributed by atoms with Gasteiger partial charge in [0, 0.05) is 12.6 Å². The van der Waals surface area contributed by atoms with Gasteiger partial charge in [-0.3, -0.25) is 4.79 Å². The summed E-state index contributed by atoms with van der Waals surface area (Å²) in [6, 6.07) is 1.50. The monoisotopic (exact) mass is 270 g/mol. The van der Waals surface area contributed by atoms with Crippen molar-refractivity contribution in [3.8, 4) is 0 Å². The molecule has 0 bridgehead atoms. The molecule has 1 aromatic rings. The lowest BCUT2D eigenvalue weighted by molar-refractivity contribution is -0.123. The lowest BCUT2D eigenvalue weighted by Crippen LogP contribution is -2.44. The number of aromatic carboxylic acids is 1. The Bertz CT molecular complexity index is 429. The molecule has 1 atom stereocenters. The van der Waals surface area contributed by atoms with E-state index in [-0.39, 0.29) is 18.0 Å². The molecule has 1 heterocycles. The maximum atomic E-state index is 11.6. The minimum absolute atomic E-state index is 0.0860. The van der Waals surface area contributed by atoms with Gasteiger partial charge in [0.2, 0.25) is 5.91 Å². The number of thiophene rings is 1. The van der Waals surface area contributed by atoms with Gasteiger partial charge in [-0.1, -0.05) is 0 Å². The molecule has 1 amide bonds. The molecule has 6 heteroatoms. The average Bonchev–Trinajstić information content (AvgIpc) is 2.72. The normalized spacial score (nSPS) is 12.4. The van der Waals surface area contributed by atoms with Crippen LogP contribution in [0.5, 0.6) is 0 Å². The molecule has 0 radical (unpaired) electrons. The number of nitrogens with one attached hydrogen (secondary N) is 2. The molecule has 0 aliphatic carbocycles. The zero-order chi connectivity index (χ0) is 13.7. The maximum Gasteiger partial charge on any atom is 0.346 e. The van der Waals surface area contributed by atoms with Crippen LogP contribution < -0.4 is 10.6 Å². The highest BCUT2D eigenvalue weighted by atomic mass is 32.1. The summed E-state index contributed by atoms with van der Waals surface area (Å²) < 4.78 is 0. The van der Waals surface area contributed by atoms with Gasteiger partial charge >= 0.3 is 5.97 Å². The lowest BCUT2D eigenvalue weighted by atomic mass is 10.2. The van der Waals surface area contributed by atoms with Crippen LogP contribution in [0.2, 0.25) is 0 Å². The van der Waals surface area contributed by atoms with Crippen molar-refractivity contribution in [1.29, 1.82) is 0 Å². The predicted molar refractivity (Wildman–Crippen MR) is 70.9 cm³/mol. The Morgan fingerprint density at radius 2 is 2.06 bits per heavy atom. The minimum Gasteiger partial charge on any atom is -0.477 e. The first-order valence-electron chi connectivity index (χ1n) is 5.75. The molecule has 0 saturated heterocycles. The van der Waals surface area contributed by atoms with Crippen LogP contribution in [0.15, 0.2) is 11.4 Å². The molecular weight excluding hydrogens is 252 g/mol. The van der Waals surface area contributed by atoms with Gasteiger partial charge in [-0.2, -0.15) is 0 Å². The zero-order valence-electron chi connectivity index (χ0n) is 10.7. The van der Waals surface area contributed by atoms with Crippen molar-refractivity contribution in [2.75, 3.05) is 0 Å². The highest BCUT2D eigenvalue weighted by Gasteiger charge is 2.15. The van der Waals surface area contributed by atoms with E-state index in [4.69, 9.17) is 5.11 Å². The molecule has 0 fully saturated rings. The number of carboxylic acid groups (broad SMARTS) is 1. The van der Waals surface area contributed by atoms with Crippen molar-refractivity contribution in [3.05, 3.63) is 21.9 Å². The van der Waals surface area contributed by atoms with Crippen LogP contribution in [-0.4, -0.2) is 29.1 Å². The number of rotatable bonds is 6. The van der Waals surface area contributed by atoms with Crippen molar-refractivity contribution in [2.24, 2.45) is 0 Å². The Labute approximate surface area is 110 Å².